The third-order valence-corrected chi connectivity index (χ3v) is 3.79. The Kier molecular flexibility index (Phi) is 2.72. The van der Waals surface area contributed by atoms with Gasteiger partial charge < -0.3 is 0 Å². The molecule has 1 aromatic carbocycles. The molecule has 0 saturated heterocycles. The molecule has 0 spiro atoms. The first kappa shape index (κ1) is 10.9. The van der Waals surface area contributed by atoms with Crippen molar-refractivity contribution in [2.24, 2.45) is 5.41 Å². The van der Waals surface area contributed by atoms with Crippen LogP contribution in [0.3, 0.4) is 0 Å². The van der Waals surface area contributed by atoms with Crippen LogP contribution >= 0.6 is 11.6 Å². The molecule has 0 bridgehead atoms. The van der Waals surface area contributed by atoms with E-state index in [0.717, 1.165) is 12.8 Å². The summed E-state index contributed by atoms with van der Waals surface area (Å²) >= 11 is 6.04. The zero-order chi connectivity index (χ0) is 11.1. The van der Waals surface area contributed by atoms with Crippen molar-refractivity contribution >= 4 is 11.6 Å². The number of hydrogen-bond donors (Lipinski definition) is 0. The van der Waals surface area contributed by atoms with Crippen molar-refractivity contribution in [3.05, 3.63) is 35.4 Å². The van der Waals surface area contributed by atoms with Crippen molar-refractivity contribution in [2.75, 3.05) is 0 Å². The molecule has 1 unspecified atom stereocenters. The molecule has 1 aromatic rings. The molecule has 1 fully saturated rings. The number of alkyl halides is 1. The molecule has 0 aliphatic heterocycles. The maximum Gasteiger partial charge on any atom is 0.129 e. The highest BCUT2D eigenvalue weighted by atomic mass is 35.5. The van der Waals surface area contributed by atoms with Crippen LogP contribution in [-0.4, -0.2) is 5.38 Å². The summed E-state index contributed by atoms with van der Waals surface area (Å²) in [6.07, 6.45) is 2.34. The van der Waals surface area contributed by atoms with Crippen molar-refractivity contribution in [3.63, 3.8) is 0 Å². The summed E-state index contributed by atoms with van der Waals surface area (Å²) in [5.74, 6) is -0.919. The summed E-state index contributed by atoms with van der Waals surface area (Å²) in [7, 11) is 0. The van der Waals surface area contributed by atoms with E-state index < -0.39 is 11.6 Å². The molecule has 1 saturated carbocycles. The van der Waals surface area contributed by atoms with Gasteiger partial charge in [-0.15, -0.1) is 11.6 Å². The first-order chi connectivity index (χ1) is 7.05. The number of hydrogen-bond acceptors (Lipinski definition) is 0. The molecule has 0 nitrogen and oxygen atoms in total. The van der Waals surface area contributed by atoms with Gasteiger partial charge in [0.2, 0.25) is 0 Å². The fraction of sp³-hybridized carbons (Fsp3) is 0.500. The Labute approximate surface area is 93.2 Å². The number of benzene rings is 1. The highest BCUT2D eigenvalue weighted by Crippen LogP contribution is 2.53. The molecule has 1 aliphatic carbocycles. The van der Waals surface area contributed by atoms with Crippen molar-refractivity contribution in [3.8, 4) is 0 Å². The fourth-order valence-electron chi connectivity index (χ4n) is 1.93. The van der Waals surface area contributed by atoms with Crippen molar-refractivity contribution in [1.82, 2.24) is 0 Å². The lowest BCUT2D eigenvalue weighted by molar-refractivity contribution is 0.459. The molecule has 0 N–H and O–H groups in total. The van der Waals surface area contributed by atoms with E-state index in [0.29, 0.717) is 6.42 Å². The molecular weight excluding hydrogens is 218 g/mol. The van der Waals surface area contributed by atoms with E-state index in [9.17, 15) is 8.78 Å². The predicted molar refractivity (Wildman–Crippen MR) is 57.0 cm³/mol. The van der Waals surface area contributed by atoms with E-state index >= 15 is 0 Å². The average Bonchev–Trinajstić information content (AvgIpc) is 2.93. The molecule has 0 heterocycles. The topological polar surface area (TPSA) is 0 Å². The van der Waals surface area contributed by atoms with Crippen LogP contribution in [0.25, 0.3) is 0 Å². The van der Waals surface area contributed by atoms with E-state index in [1.54, 1.807) is 0 Å². The lowest BCUT2D eigenvalue weighted by Gasteiger charge is -2.18. The molecule has 0 aromatic heterocycles. The first-order valence-corrected chi connectivity index (χ1v) is 5.56. The lowest BCUT2D eigenvalue weighted by Crippen LogP contribution is -2.17. The Hall–Kier alpha value is -0.630. The largest absolute Gasteiger partial charge is 0.207 e. The van der Waals surface area contributed by atoms with Crippen molar-refractivity contribution < 1.29 is 8.78 Å². The second-order valence-electron chi connectivity index (χ2n) is 4.36. The van der Waals surface area contributed by atoms with Gasteiger partial charge in [-0.25, -0.2) is 8.78 Å². The SMILES string of the molecule is CC(Cl)C1(Cc2c(F)cccc2F)CC1. The third-order valence-electron chi connectivity index (χ3n) is 3.33. The van der Waals surface area contributed by atoms with Gasteiger partial charge >= 0.3 is 0 Å². The van der Waals surface area contributed by atoms with Crippen LogP contribution in [0, 0.1) is 17.0 Å². The number of rotatable bonds is 3. The summed E-state index contributed by atoms with van der Waals surface area (Å²) in [5, 5.41) is -0.0310. The van der Waals surface area contributed by atoms with Gasteiger partial charge in [-0.05, 0) is 43.7 Å². The van der Waals surface area contributed by atoms with Crippen LogP contribution in [0.1, 0.15) is 25.3 Å². The third kappa shape index (κ3) is 2.00. The second-order valence-corrected chi connectivity index (χ2v) is 5.01. The molecule has 0 amide bonds. The summed E-state index contributed by atoms with van der Waals surface area (Å²) in [5.41, 5.74) is 0.104. The molecule has 1 aliphatic rings. The smallest absolute Gasteiger partial charge is 0.129 e. The van der Waals surface area contributed by atoms with E-state index in [-0.39, 0.29) is 16.4 Å². The Bertz CT molecular complexity index is 350. The summed E-state index contributed by atoms with van der Waals surface area (Å²) in [6.45, 7) is 1.90. The van der Waals surface area contributed by atoms with Gasteiger partial charge in [0, 0.05) is 10.9 Å². The minimum atomic E-state index is -0.460. The zero-order valence-corrected chi connectivity index (χ0v) is 9.32. The van der Waals surface area contributed by atoms with Crippen LogP contribution in [0.15, 0.2) is 18.2 Å². The van der Waals surface area contributed by atoms with Gasteiger partial charge in [-0.3, -0.25) is 0 Å². The quantitative estimate of drug-likeness (QED) is 0.691. The highest BCUT2D eigenvalue weighted by Gasteiger charge is 2.47. The Morgan fingerprint density at radius 2 is 1.87 bits per heavy atom. The van der Waals surface area contributed by atoms with Crippen LogP contribution in [-0.2, 0) is 6.42 Å². The molecule has 2 rings (SSSR count). The second kappa shape index (κ2) is 3.75. The van der Waals surface area contributed by atoms with Crippen LogP contribution in [0.2, 0.25) is 0 Å². The fourth-order valence-corrected chi connectivity index (χ4v) is 2.22. The summed E-state index contributed by atoms with van der Waals surface area (Å²) in [6, 6.07) is 3.98. The van der Waals surface area contributed by atoms with E-state index in [1.807, 2.05) is 6.92 Å². The van der Waals surface area contributed by atoms with Gasteiger partial charge in [-0.1, -0.05) is 6.07 Å². The highest BCUT2D eigenvalue weighted by molar-refractivity contribution is 6.21. The van der Waals surface area contributed by atoms with Gasteiger partial charge in [0.05, 0.1) is 0 Å². The maximum absolute atomic E-state index is 13.4. The maximum atomic E-state index is 13.4. The van der Waals surface area contributed by atoms with Crippen molar-refractivity contribution in [2.45, 2.75) is 31.6 Å². The summed E-state index contributed by atoms with van der Waals surface area (Å²) < 4.78 is 26.8. The van der Waals surface area contributed by atoms with Crippen LogP contribution in [0.5, 0.6) is 0 Å². The predicted octanol–water partition coefficient (Wildman–Crippen LogP) is 3.91. The molecule has 3 heteroatoms. The van der Waals surface area contributed by atoms with Gasteiger partial charge in [-0.2, -0.15) is 0 Å². The van der Waals surface area contributed by atoms with Crippen LogP contribution < -0.4 is 0 Å². The zero-order valence-electron chi connectivity index (χ0n) is 8.56. The lowest BCUT2D eigenvalue weighted by atomic mass is 9.93. The van der Waals surface area contributed by atoms with E-state index in [4.69, 9.17) is 11.6 Å². The summed E-state index contributed by atoms with van der Waals surface area (Å²) in [4.78, 5) is 0. The van der Waals surface area contributed by atoms with Gasteiger partial charge in [0.25, 0.3) is 0 Å². The average molecular weight is 231 g/mol. The van der Waals surface area contributed by atoms with E-state index in [2.05, 4.69) is 0 Å². The Balaban J connectivity index is 2.25. The molecule has 1 atom stereocenters. The van der Waals surface area contributed by atoms with Gasteiger partial charge in [0.15, 0.2) is 0 Å². The Morgan fingerprint density at radius 1 is 1.33 bits per heavy atom. The normalized spacial score (nSPS) is 20.0. The molecule has 15 heavy (non-hydrogen) atoms. The molecule has 0 radical (unpaired) electrons. The van der Waals surface area contributed by atoms with Crippen LogP contribution in [0.4, 0.5) is 8.78 Å². The minimum absolute atomic E-state index is 0.0310. The van der Waals surface area contributed by atoms with E-state index in [1.165, 1.54) is 18.2 Å². The molecular formula is C12H13ClF2. The standard InChI is InChI=1S/C12H13ClF2/c1-8(13)12(5-6-12)7-9-10(14)3-2-4-11(9)15/h2-4,8H,5-7H2,1H3. The van der Waals surface area contributed by atoms with Crippen molar-refractivity contribution in [1.29, 1.82) is 0 Å². The number of halogens is 3. The molecule has 82 valence electrons. The Morgan fingerprint density at radius 3 is 2.27 bits per heavy atom. The monoisotopic (exact) mass is 230 g/mol. The minimum Gasteiger partial charge on any atom is -0.207 e. The van der Waals surface area contributed by atoms with Gasteiger partial charge in [0.1, 0.15) is 11.6 Å². The first-order valence-electron chi connectivity index (χ1n) is 5.12.